The van der Waals surface area contributed by atoms with E-state index in [1.165, 1.54) is 24.5 Å². The van der Waals surface area contributed by atoms with Crippen molar-refractivity contribution >= 4 is 23.0 Å². The minimum absolute atomic E-state index is 0.0559. The van der Waals surface area contributed by atoms with Gasteiger partial charge < -0.3 is 28.8 Å². The Balaban J connectivity index is 1.18. The Morgan fingerprint density at radius 1 is 1.26 bits per heavy atom. The number of piperidine rings is 1. The maximum Gasteiger partial charge on any atom is 0.417 e. The number of benzene rings is 1. The summed E-state index contributed by atoms with van der Waals surface area (Å²) in [6.07, 6.45) is 11.4. The van der Waals surface area contributed by atoms with Crippen LogP contribution in [0.2, 0.25) is 0 Å². The number of ether oxygens (including phenoxy) is 5. The van der Waals surface area contributed by atoms with Gasteiger partial charge in [0.25, 0.3) is 0 Å². The van der Waals surface area contributed by atoms with Crippen LogP contribution in [0.25, 0.3) is 10.9 Å². The SMILES string of the molecule is COC(=O)C[C@@H]1CN(C[C@@H](O)c2ccnc3ccc(OC)cc23)CC[C@]12CN(C1=COC=C(C3=CC=CCC3)O1)C(=O)O2. The minimum atomic E-state index is -0.943. The number of aliphatic hydroxyl groups excluding tert-OH is 1. The number of likely N-dealkylation sites (tertiary alicyclic amines) is 1. The minimum Gasteiger partial charge on any atom is -0.497 e. The maximum absolute atomic E-state index is 13.2. The average molecular weight is 590 g/mol. The number of rotatable bonds is 8. The van der Waals surface area contributed by atoms with E-state index in [1.54, 1.807) is 13.3 Å². The fraction of sp³-hybridized carbons (Fsp3) is 0.406. The van der Waals surface area contributed by atoms with Crippen molar-refractivity contribution in [3.63, 3.8) is 0 Å². The van der Waals surface area contributed by atoms with Crippen molar-refractivity contribution in [2.75, 3.05) is 40.4 Å². The number of aliphatic hydroxyl groups is 1. The Bertz CT molecular complexity index is 1530. The zero-order chi connectivity index (χ0) is 30.0. The molecule has 2 fully saturated rings. The number of esters is 1. The van der Waals surface area contributed by atoms with Gasteiger partial charge in [0.2, 0.25) is 5.88 Å². The highest BCUT2D eigenvalue weighted by atomic mass is 16.6. The molecule has 2 saturated heterocycles. The van der Waals surface area contributed by atoms with E-state index in [-0.39, 0.29) is 24.8 Å². The molecular weight excluding hydrogens is 554 g/mol. The first-order chi connectivity index (χ1) is 20.9. The molecule has 3 aliphatic heterocycles. The van der Waals surface area contributed by atoms with Crippen molar-refractivity contribution in [3.05, 3.63) is 84.0 Å². The van der Waals surface area contributed by atoms with Crippen LogP contribution in [-0.2, 0) is 23.7 Å². The molecule has 0 bridgehead atoms. The topological polar surface area (TPSA) is 120 Å². The molecule has 11 heteroatoms. The molecule has 2 aromatic rings. The third-order valence-corrected chi connectivity index (χ3v) is 8.58. The second kappa shape index (κ2) is 12.1. The van der Waals surface area contributed by atoms with E-state index in [2.05, 4.69) is 16.0 Å². The Morgan fingerprint density at radius 3 is 2.93 bits per heavy atom. The number of nitrogens with zero attached hydrogens (tertiary/aromatic N) is 3. The Morgan fingerprint density at radius 2 is 2.14 bits per heavy atom. The van der Waals surface area contributed by atoms with Gasteiger partial charge in [-0.15, -0.1) is 0 Å². The molecule has 1 aromatic carbocycles. The third kappa shape index (κ3) is 5.82. The average Bonchev–Trinajstić information content (AvgIpc) is 3.38. The lowest BCUT2D eigenvalue weighted by atomic mass is 9.78. The standard InChI is InChI=1S/C32H35N3O8/c1-39-23-8-9-26-25(15-23)24(10-12-33-26)27(36)17-34-13-11-32(22(16-34)14-30(37)40-2)20-35(31(38)43-32)29-19-41-18-28(42-29)21-6-4-3-5-7-21/h3-4,6,8-10,12,15,18-19,22,27,36H,5,7,11,13-14,16-17,20H2,1-2H3/t22-,27-,32+/m1/s1. The molecule has 0 saturated carbocycles. The molecule has 1 aromatic heterocycles. The van der Waals surface area contributed by atoms with Gasteiger partial charge >= 0.3 is 12.1 Å². The largest absolute Gasteiger partial charge is 0.497 e. The highest BCUT2D eigenvalue weighted by Gasteiger charge is 2.55. The Labute approximate surface area is 249 Å². The monoisotopic (exact) mass is 589 g/mol. The van der Waals surface area contributed by atoms with Gasteiger partial charge in [-0.25, -0.2) is 9.69 Å². The lowest BCUT2D eigenvalue weighted by Crippen LogP contribution is -2.55. The normalized spacial score (nSPS) is 24.4. The molecule has 4 aliphatic rings. The predicted molar refractivity (Wildman–Crippen MR) is 155 cm³/mol. The summed E-state index contributed by atoms with van der Waals surface area (Å²) >= 11 is 0. The highest BCUT2D eigenvalue weighted by Crippen LogP contribution is 2.42. The highest BCUT2D eigenvalue weighted by molar-refractivity contribution is 5.84. The third-order valence-electron chi connectivity index (χ3n) is 8.58. The first-order valence-electron chi connectivity index (χ1n) is 14.4. The Hall–Kier alpha value is -4.35. The number of hydrogen-bond acceptors (Lipinski definition) is 10. The van der Waals surface area contributed by atoms with Crippen molar-refractivity contribution in [1.82, 2.24) is 14.8 Å². The summed E-state index contributed by atoms with van der Waals surface area (Å²) in [5.41, 5.74) is 1.53. The maximum atomic E-state index is 13.2. The Kier molecular flexibility index (Phi) is 8.09. The molecule has 1 amide bonds. The molecule has 226 valence electrons. The number of pyridine rings is 1. The van der Waals surface area contributed by atoms with Crippen LogP contribution in [-0.4, -0.2) is 78.0 Å². The van der Waals surface area contributed by atoms with E-state index in [9.17, 15) is 14.7 Å². The van der Waals surface area contributed by atoms with Crippen molar-refractivity contribution in [2.45, 2.75) is 37.4 Å². The zero-order valence-electron chi connectivity index (χ0n) is 24.2. The van der Waals surface area contributed by atoms with E-state index >= 15 is 0 Å². The van der Waals surface area contributed by atoms with Crippen molar-refractivity contribution < 1.29 is 38.4 Å². The van der Waals surface area contributed by atoms with Crippen LogP contribution in [0, 0.1) is 5.92 Å². The number of amides is 1. The van der Waals surface area contributed by atoms with Gasteiger partial charge in [-0.2, -0.15) is 0 Å². The lowest BCUT2D eigenvalue weighted by Gasteiger charge is -2.44. The molecular formula is C32H35N3O8. The first kappa shape index (κ1) is 28.8. The van der Waals surface area contributed by atoms with E-state index in [4.69, 9.17) is 23.7 Å². The molecule has 1 N–H and O–H groups in total. The molecule has 3 atom stereocenters. The number of carbonyl (C=O) groups excluding carboxylic acids is 2. The van der Waals surface area contributed by atoms with Crippen molar-refractivity contribution in [1.29, 1.82) is 0 Å². The van der Waals surface area contributed by atoms with Gasteiger partial charge in [-0.05, 0) is 48.2 Å². The molecule has 1 spiro atoms. The summed E-state index contributed by atoms with van der Waals surface area (Å²) in [5, 5.41) is 12.2. The molecule has 43 heavy (non-hydrogen) atoms. The van der Waals surface area contributed by atoms with Crippen LogP contribution in [0.1, 0.15) is 37.4 Å². The van der Waals surface area contributed by atoms with Gasteiger partial charge in [0.15, 0.2) is 12.0 Å². The summed E-state index contributed by atoms with van der Waals surface area (Å²) in [4.78, 5) is 33.7. The molecule has 1 aliphatic carbocycles. The molecule has 6 rings (SSSR count). The number of carbonyl (C=O) groups is 2. The molecule has 11 nitrogen and oxygen atoms in total. The number of allylic oxidation sites excluding steroid dienone is 4. The van der Waals surface area contributed by atoms with Gasteiger partial charge in [0.05, 0.1) is 38.8 Å². The van der Waals surface area contributed by atoms with Crippen LogP contribution in [0.15, 0.2) is 78.4 Å². The molecule has 0 radical (unpaired) electrons. The number of hydrogen-bond donors (Lipinski definition) is 1. The second-order valence-electron chi connectivity index (χ2n) is 11.1. The van der Waals surface area contributed by atoms with Crippen LogP contribution in [0.5, 0.6) is 5.75 Å². The summed E-state index contributed by atoms with van der Waals surface area (Å²) in [6.45, 7) is 1.48. The van der Waals surface area contributed by atoms with E-state index in [0.717, 1.165) is 34.9 Å². The van der Waals surface area contributed by atoms with Crippen molar-refractivity contribution in [3.8, 4) is 5.75 Å². The van der Waals surface area contributed by atoms with E-state index in [0.29, 0.717) is 37.6 Å². The van der Waals surface area contributed by atoms with Gasteiger partial charge in [0, 0.05) is 43.6 Å². The zero-order valence-corrected chi connectivity index (χ0v) is 24.2. The number of methoxy groups -OCH3 is 2. The summed E-state index contributed by atoms with van der Waals surface area (Å²) in [7, 11) is 2.94. The summed E-state index contributed by atoms with van der Waals surface area (Å²) in [6, 6.07) is 7.37. The second-order valence-corrected chi connectivity index (χ2v) is 11.1. The lowest BCUT2D eigenvalue weighted by molar-refractivity contribution is -0.146. The van der Waals surface area contributed by atoms with Crippen LogP contribution < -0.4 is 4.74 Å². The number of β-amino-alcohol motifs (C(OH)–C–C–N with tert-alkyl or cyclic N) is 1. The van der Waals surface area contributed by atoms with Crippen LogP contribution in [0.4, 0.5) is 4.79 Å². The van der Waals surface area contributed by atoms with Gasteiger partial charge in [0.1, 0.15) is 17.6 Å². The van der Waals surface area contributed by atoms with Crippen LogP contribution in [0.3, 0.4) is 0 Å². The van der Waals surface area contributed by atoms with E-state index < -0.39 is 23.8 Å². The molecule has 0 unspecified atom stereocenters. The summed E-state index contributed by atoms with van der Waals surface area (Å²) < 4.78 is 28.1. The van der Waals surface area contributed by atoms with Gasteiger partial charge in [-0.3, -0.25) is 14.7 Å². The van der Waals surface area contributed by atoms with Crippen molar-refractivity contribution in [2.24, 2.45) is 5.92 Å². The predicted octanol–water partition coefficient (Wildman–Crippen LogP) is 4.32. The first-order valence-corrected chi connectivity index (χ1v) is 14.4. The summed E-state index contributed by atoms with van der Waals surface area (Å²) in [5.74, 6) is 0.691. The quantitative estimate of drug-likeness (QED) is 0.446. The van der Waals surface area contributed by atoms with Gasteiger partial charge in [-0.1, -0.05) is 18.2 Å². The van der Waals surface area contributed by atoms with Crippen LogP contribution >= 0.6 is 0 Å². The molecule has 4 heterocycles. The smallest absolute Gasteiger partial charge is 0.417 e. The fourth-order valence-electron chi connectivity index (χ4n) is 6.22. The van der Waals surface area contributed by atoms with E-state index in [1.807, 2.05) is 36.4 Å². The fourth-order valence-corrected chi connectivity index (χ4v) is 6.22. The number of aromatic nitrogens is 1. The number of fused-ring (bicyclic) bond motifs is 1.